The van der Waals surface area contributed by atoms with Crippen LogP contribution in [0.1, 0.15) is 15.9 Å². The van der Waals surface area contributed by atoms with Crippen molar-refractivity contribution in [3.05, 3.63) is 90.0 Å². The van der Waals surface area contributed by atoms with Crippen LogP contribution in [0, 0.1) is 0 Å². The van der Waals surface area contributed by atoms with E-state index in [4.69, 9.17) is 0 Å². The van der Waals surface area contributed by atoms with Crippen molar-refractivity contribution in [3.8, 4) is 0 Å². The number of benzene rings is 4. The van der Waals surface area contributed by atoms with Crippen LogP contribution in [-0.2, 0) is 11.3 Å². The molecule has 0 fully saturated rings. The first-order valence-electron chi connectivity index (χ1n) is 9.29. The molecule has 0 bridgehead atoms. The number of hydrogen-bond acceptors (Lipinski definition) is 2. The zero-order valence-electron chi connectivity index (χ0n) is 15.2. The molecule has 4 aromatic carbocycles. The topological polar surface area (TPSA) is 49.4 Å². The average molecular weight is 366 g/mol. The number of carbonyl (C=O) groups excluding carboxylic acids is 2. The number of amides is 2. The first kappa shape index (κ1) is 16.5. The normalized spacial score (nSPS) is 12.7. The minimum absolute atomic E-state index is 0.0113. The predicted octanol–water partition coefficient (Wildman–Crippen LogP) is 4.27. The minimum atomic E-state index is -0.175. The summed E-state index contributed by atoms with van der Waals surface area (Å²) in [5, 5.41) is 7.18. The molecule has 28 heavy (non-hydrogen) atoms. The summed E-state index contributed by atoms with van der Waals surface area (Å²) in [4.78, 5) is 27.0. The molecule has 0 unspecified atom stereocenters. The highest BCUT2D eigenvalue weighted by Crippen LogP contribution is 2.36. The van der Waals surface area contributed by atoms with Crippen LogP contribution in [0.2, 0.25) is 0 Å². The summed E-state index contributed by atoms with van der Waals surface area (Å²) < 4.78 is 0. The number of hydrogen-bond donors (Lipinski definition) is 1. The van der Waals surface area contributed by atoms with Gasteiger partial charge in [0.1, 0.15) is 6.54 Å². The van der Waals surface area contributed by atoms with Crippen LogP contribution >= 0.6 is 0 Å². The molecular formula is C24H18N2O2. The van der Waals surface area contributed by atoms with E-state index in [-0.39, 0.29) is 18.4 Å². The molecule has 1 N–H and O–H groups in total. The highest BCUT2D eigenvalue weighted by Gasteiger charge is 2.30. The molecule has 1 aliphatic rings. The second kappa shape index (κ2) is 6.50. The van der Waals surface area contributed by atoms with Crippen LogP contribution in [0.25, 0.3) is 21.5 Å². The molecule has 136 valence electrons. The number of nitrogens with one attached hydrogen (secondary N) is 1. The monoisotopic (exact) mass is 366 g/mol. The quantitative estimate of drug-likeness (QED) is 0.586. The summed E-state index contributed by atoms with van der Waals surface area (Å²) in [5.41, 5.74) is 2.53. The van der Waals surface area contributed by atoms with Gasteiger partial charge in [0.2, 0.25) is 5.91 Å². The lowest BCUT2D eigenvalue weighted by Crippen LogP contribution is -2.38. The summed E-state index contributed by atoms with van der Waals surface area (Å²) >= 11 is 0. The summed E-state index contributed by atoms with van der Waals surface area (Å²) in [6.07, 6.45) is 0. The minimum Gasteiger partial charge on any atom is -0.350 e. The fourth-order valence-electron chi connectivity index (χ4n) is 3.98. The third-order valence-corrected chi connectivity index (χ3v) is 5.31. The molecule has 0 spiro atoms. The summed E-state index contributed by atoms with van der Waals surface area (Å²) in [7, 11) is 0. The van der Waals surface area contributed by atoms with Gasteiger partial charge in [-0.1, -0.05) is 66.7 Å². The molecule has 0 aromatic heterocycles. The maximum Gasteiger partial charge on any atom is 0.259 e. The Morgan fingerprint density at radius 3 is 2.43 bits per heavy atom. The van der Waals surface area contributed by atoms with E-state index in [1.807, 2.05) is 60.7 Å². The molecule has 0 aliphatic carbocycles. The maximum absolute atomic E-state index is 12.8. The van der Waals surface area contributed by atoms with Gasteiger partial charge >= 0.3 is 0 Å². The summed E-state index contributed by atoms with van der Waals surface area (Å²) in [6, 6.07) is 25.7. The van der Waals surface area contributed by atoms with Crippen LogP contribution < -0.4 is 10.2 Å². The standard InChI is InChI=1S/C24H18N2O2/c27-22(25-14-18-10-3-7-16-6-1-2-11-19(16)18)15-26-21-13-5-9-17-8-4-12-20(23(17)21)24(26)28/h1-13H,14-15H2,(H,25,27). The lowest BCUT2D eigenvalue weighted by molar-refractivity contribution is -0.119. The summed E-state index contributed by atoms with van der Waals surface area (Å²) in [5.74, 6) is -0.293. The molecule has 1 heterocycles. The van der Waals surface area contributed by atoms with Gasteiger partial charge in [0.05, 0.1) is 5.69 Å². The zero-order valence-corrected chi connectivity index (χ0v) is 15.2. The molecule has 4 nitrogen and oxygen atoms in total. The third kappa shape index (κ3) is 2.62. The predicted molar refractivity (Wildman–Crippen MR) is 111 cm³/mol. The van der Waals surface area contributed by atoms with E-state index in [1.165, 1.54) is 0 Å². The van der Waals surface area contributed by atoms with E-state index in [1.54, 1.807) is 4.90 Å². The molecule has 5 rings (SSSR count). The van der Waals surface area contributed by atoms with Crippen LogP contribution in [-0.4, -0.2) is 18.4 Å². The zero-order chi connectivity index (χ0) is 19.1. The van der Waals surface area contributed by atoms with Crippen LogP contribution in [0.5, 0.6) is 0 Å². The Morgan fingerprint density at radius 1 is 0.821 bits per heavy atom. The van der Waals surface area contributed by atoms with Gasteiger partial charge in [-0.05, 0) is 33.9 Å². The number of carbonyl (C=O) groups is 2. The van der Waals surface area contributed by atoms with E-state index in [2.05, 4.69) is 23.5 Å². The van der Waals surface area contributed by atoms with Gasteiger partial charge in [-0.2, -0.15) is 0 Å². The molecule has 0 saturated carbocycles. The number of fused-ring (bicyclic) bond motifs is 1. The Kier molecular flexibility index (Phi) is 3.83. The molecule has 4 aromatic rings. The molecule has 4 heteroatoms. The van der Waals surface area contributed by atoms with Gasteiger partial charge in [0.15, 0.2) is 0 Å². The van der Waals surface area contributed by atoms with Crippen LogP contribution in [0.3, 0.4) is 0 Å². The van der Waals surface area contributed by atoms with E-state index in [0.717, 1.165) is 32.8 Å². The number of nitrogens with zero attached hydrogens (tertiary/aromatic N) is 1. The van der Waals surface area contributed by atoms with Gasteiger partial charge < -0.3 is 5.32 Å². The van der Waals surface area contributed by atoms with Gasteiger partial charge in [-0.3, -0.25) is 14.5 Å². The van der Waals surface area contributed by atoms with Gasteiger partial charge in [-0.25, -0.2) is 0 Å². The van der Waals surface area contributed by atoms with Crippen molar-refractivity contribution in [2.45, 2.75) is 6.54 Å². The molecular weight excluding hydrogens is 348 g/mol. The van der Waals surface area contributed by atoms with Crippen molar-refractivity contribution in [3.63, 3.8) is 0 Å². The Labute approximate surface area is 162 Å². The van der Waals surface area contributed by atoms with Crippen molar-refractivity contribution in [2.75, 3.05) is 11.4 Å². The average Bonchev–Trinajstić information content (AvgIpc) is 3.00. The van der Waals surface area contributed by atoms with Gasteiger partial charge in [-0.15, -0.1) is 0 Å². The fraction of sp³-hybridized carbons (Fsp3) is 0.0833. The van der Waals surface area contributed by atoms with Crippen molar-refractivity contribution in [1.29, 1.82) is 0 Å². The van der Waals surface area contributed by atoms with Crippen molar-refractivity contribution >= 4 is 39.0 Å². The Bertz CT molecular complexity index is 1240. The van der Waals surface area contributed by atoms with Crippen molar-refractivity contribution < 1.29 is 9.59 Å². The largest absolute Gasteiger partial charge is 0.350 e. The SMILES string of the molecule is O=C(CN1C(=O)c2cccc3cccc1c23)NCc1cccc2ccccc12. The molecule has 2 amide bonds. The molecule has 1 aliphatic heterocycles. The molecule has 0 saturated heterocycles. The molecule has 0 atom stereocenters. The van der Waals surface area contributed by atoms with E-state index in [9.17, 15) is 9.59 Å². The van der Waals surface area contributed by atoms with Crippen molar-refractivity contribution in [2.24, 2.45) is 0 Å². The summed E-state index contributed by atoms with van der Waals surface area (Å²) in [6.45, 7) is 0.441. The van der Waals surface area contributed by atoms with E-state index < -0.39 is 0 Å². The lowest BCUT2D eigenvalue weighted by Gasteiger charge is -2.17. The highest BCUT2D eigenvalue weighted by molar-refractivity contribution is 6.26. The van der Waals surface area contributed by atoms with Crippen LogP contribution in [0.15, 0.2) is 78.9 Å². The second-order valence-corrected chi connectivity index (χ2v) is 6.99. The number of anilines is 1. The maximum atomic E-state index is 12.8. The third-order valence-electron chi connectivity index (χ3n) is 5.31. The smallest absolute Gasteiger partial charge is 0.259 e. The Balaban J connectivity index is 1.35. The van der Waals surface area contributed by atoms with E-state index in [0.29, 0.717) is 12.1 Å². The first-order valence-corrected chi connectivity index (χ1v) is 9.29. The fourth-order valence-corrected chi connectivity index (χ4v) is 3.98. The first-order chi connectivity index (χ1) is 13.7. The molecule has 0 radical (unpaired) electrons. The highest BCUT2D eigenvalue weighted by atomic mass is 16.2. The Hall–Kier alpha value is -3.66. The van der Waals surface area contributed by atoms with Crippen molar-refractivity contribution in [1.82, 2.24) is 5.32 Å². The van der Waals surface area contributed by atoms with Gasteiger partial charge in [0.25, 0.3) is 5.91 Å². The number of rotatable bonds is 4. The lowest BCUT2D eigenvalue weighted by atomic mass is 10.0. The van der Waals surface area contributed by atoms with E-state index >= 15 is 0 Å². The van der Waals surface area contributed by atoms with Crippen LogP contribution in [0.4, 0.5) is 5.69 Å². The Morgan fingerprint density at radius 2 is 1.54 bits per heavy atom. The van der Waals surface area contributed by atoms with Gasteiger partial charge in [0, 0.05) is 17.5 Å². The second-order valence-electron chi connectivity index (χ2n) is 6.99.